The minimum absolute atomic E-state index is 0.0826. The summed E-state index contributed by atoms with van der Waals surface area (Å²) in [4.78, 5) is 26.0. The Bertz CT molecular complexity index is 840. The average molecular weight is 401 g/mol. The molecule has 2 rings (SSSR count). The number of ether oxygens (including phenoxy) is 1. The molecule has 0 fully saturated rings. The van der Waals surface area contributed by atoms with Gasteiger partial charge >= 0.3 is 5.97 Å². The summed E-state index contributed by atoms with van der Waals surface area (Å²) in [7, 11) is 3.44. The number of amides is 1. The fraction of sp³-hybridized carbons (Fsp3) is 0.500. The number of nitrogens with zero attached hydrogens (tertiary/aromatic N) is 3. The molecule has 0 aliphatic rings. The maximum atomic E-state index is 12.4. The Balaban J connectivity index is 2.04. The van der Waals surface area contributed by atoms with Crippen molar-refractivity contribution in [2.75, 3.05) is 27.2 Å². The number of likely N-dealkylation sites (N-methyl/N-ethyl adjacent to an activating group) is 1. The first-order chi connectivity index (χ1) is 13.7. The second-order valence-electron chi connectivity index (χ2n) is 7.51. The topological polar surface area (TPSA) is 76.5 Å². The van der Waals surface area contributed by atoms with Gasteiger partial charge in [0.25, 0.3) is 5.91 Å². The molecule has 2 aromatic rings. The highest BCUT2D eigenvalue weighted by Crippen LogP contribution is 2.20. The molecule has 158 valence electrons. The van der Waals surface area contributed by atoms with Crippen LogP contribution in [0.3, 0.4) is 0 Å². The molecule has 0 unspecified atom stereocenters. The minimum atomic E-state index is -0.230. The molecule has 0 radical (unpaired) electrons. The maximum absolute atomic E-state index is 12.4. The second kappa shape index (κ2) is 10.2. The fourth-order valence-corrected chi connectivity index (χ4v) is 3.08. The van der Waals surface area contributed by atoms with Crippen molar-refractivity contribution >= 4 is 11.9 Å². The summed E-state index contributed by atoms with van der Waals surface area (Å²) in [6, 6.07) is 7.84. The number of hydrogen-bond donors (Lipinski definition) is 1. The lowest BCUT2D eigenvalue weighted by atomic mass is 10.1. The van der Waals surface area contributed by atoms with Crippen LogP contribution < -0.4 is 5.32 Å². The van der Waals surface area contributed by atoms with Gasteiger partial charge in [-0.1, -0.05) is 0 Å². The van der Waals surface area contributed by atoms with E-state index < -0.39 is 0 Å². The number of benzene rings is 1. The number of hydrogen-bond acceptors (Lipinski definition) is 5. The van der Waals surface area contributed by atoms with E-state index in [1.807, 2.05) is 37.7 Å². The quantitative estimate of drug-likeness (QED) is 0.655. The van der Waals surface area contributed by atoms with Crippen LogP contribution in [-0.4, -0.2) is 59.8 Å². The molecule has 7 heteroatoms. The molecule has 0 aliphatic heterocycles. The summed E-state index contributed by atoms with van der Waals surface area (Å²) in [6.07, 6.45) is 0.921. The van der Waals surface area contributed by atoms with E-state index in [4.69, 9.17) is 4.74 Å². The highest BCUT2D eigenvalue weighted by Gasteiger charge is 2.15. The second-order valence-corrected chi connectivity index (χ2v) is 7.51. The monoisotopic (exact) mass is 400 g/mol. The van der Waals surface area contributed by atoms with E-state index in [0.717, 1.165) is 29.2 Å². The molecule has 1 amide bonds. The number of carbonyl (C=O) groups excluding carboxylic acids is 2. The van der Waals surface area contributed by atoms with Crippen LogP contribution in [-0.2, 0) is 16.0 Å². The van der Waals surface area contributed by atoms with Gasteiger partial charge in [0.05, 0.1) is 18.5 Å². The normalized spacial score (nSPS) is 11.2. The van der Waals surface area contributed by atoms with E-state index in [9.17, 15) is 9.59 Å². The third kappa shape index (κ3) is 5.90. The molecular formula is C22H32N4O3. The smallest absolute Gasteiger partial charge is 0.305 e. The minimum Gasteiger partial charge on any atom is -0.469 e. The largest absolute Gasteiger partial charge is 0.469 e. The zero-order valence-electron chi connectivity index (χ0n) is 18.3. The number of rotatable bonds is 9. The van der Waals surface area contributed by atoms with Crippen LogP contribution in [0, 0.1) is 13.8 Å². The van der Waals surface area contributed by atoms with Crippen LogP contribution in [0.2, 0.25) is 0 Å². The van der Waals surface area contributed by atoms with E-state index in [1.165, 1.54) is 7.11 Å². The summed E-state index contributed by atoms with van der Waals surface area (Å²) in [5.41, 5.74) is 4.42. The molecule has 29 heavy (non-hydrogen) atoms. The van der Waals surface area contributed by atoms with Crippen molar-refractivity contribution in [3.63, 3.8) is 0 Å². The molecule has 1 heterocycles. The average Bonchev–Trinajstić information content (AvgIpc) is 2.99. The van der Waals surface area contributed by atoms with Crippen LogP contribution in [0.15, 0.2) is 24.3 Å². The summed E-state index contributed by atoms with van der Waals surface area (Å²) in [5, 5.41) is 7.56. The van der Waals surface area contributed by atoms with E-state index in [-0.39, 0.29) is 11.9 Å². The van der Waals surface area contributed by atoms with Crippen molar-refractivity contribution in [2.45, 2.75) is 46.6 Å². The number of carbonyl (C=O) groups is 2. The van der Waals surface area contributed by atoms with Gasteiger partial charge in [0.15, 0.2) is 0 Å². The van der Waals surface area contributed by atoms with Gasteiger partial charge in [0.2, 0.25) is 0 Å². The van der Waals surface area contributed by atoms with E-state index in [1.54, 1.807) is 12.1 Å². The molecular weight excluding hydrogens is 368 g/mol. The number of aromatic nitrogens is 2. The van der Waals surface area contributed by atoms with Crippen molar-refractivity contribution in [3.05, 3.63) is 46.8 Å². The zero-order valence-corrected chi connectivity index (χ0v) is 18.3. The Morgan fingerprint density at radius 3 is 2.45 bits per heavy atom. The van der Waals surface area contributed by atoms with Crippen LogP contribution in [0.4, 0.5) is 0 Å². The number of aryl methyl sites for hydroxylation is 1. The lowest BCUT2D eigenvalue weighted by molar-refractivity contribution is -0.140. The maximum Gasteiger partial charge on any atom is 0.305 e. The fourth-order valence-electron chi connectivity index (χ4n) is 3.08. The van der Waals surface area contributed by atoms with Gasteiger partial charge in [-0.25, -0.2) is 4.68 Å². The molecule has 1 aromatic carbocycles. The Morgan fingerprint density at radius 2 is 1.86 bits per heavy atom. The first-order valence-electron chi connectivity index (χ1n) is 9.95. The first-order valence-corrected chi connectivity index (χ1v) is 9.95. The van der Waals surface area contributed by atoms with E-state index in [0.29, 0.717) is 31.0 Å². The zero-order chi connectivity index (χ0) is 21.6. The lowest BCUT2D eigenvalue weighted by Crippen LogP contribution is -2.36. The van der Waals surface area contributed by atoms with E-state index >= 15 is 0 Å². The Morgan fingerprint density at radius 1 is 1.21 bits per heavy atom. The molecule has 0 saturated heterocycles. The third-order valence-electron chi connectivity index (χ3n) is 5.25. The van der Waals surface area contributed by atoms with Gasteiger partial charge in [0.1, 0.15) is 0 Å². The van der Waals surface area contributed by atoms with Crippen molar-refractivity contribution in [2.24, 2.45) is 0 Å². The highest BCUT2D eigenvalue weighted by molar-refractivity contribution is 5.94. The molecule has 0 bridgehead atoms. The van der Waals surface area contributed by atoms with Gasteiger partial charge in [-0.3, -0.25) is 9.59 Å². The van der Waals surface area contributed by atoms with Crippen molar-refractivity contribution in [1.82, 2.24) is 20.0 Å². The molecule has 0 spiro atoms. The first kappa shape index (κ1) is 22.6. The number of nitrogens with one attached hydrogen (secondary N) is 1. The van der Waals surface area contributed by atoms with Crippen molar-refractivity contribution in [3.8, 4) is 5.69 Å². The van der Waals surface area contributed by atoms with Crippen molar-refractivity contribution < 1.29 is 14.3 Å². The Labute approximate surface area is 173 Å². The summed E-state index contributed by atoms with van der Waals surface area (Å²) in [6.45, 7) is 9.59. The van der Waals surface area contributed by atoms with Crippen LogP contribution in [0.1, 0.15) is 47.6 Å². The SMILES string of the molecule is COC(=O)CCc1c(C)nn(-c2ccc(C(=O)NCCN(C)C(C)C)cc2)c1C. The van der Waals surface area contributed by atoms with Crippen LogP contribution >= 0.6 is 0 Å². The van der Waals surface area contributed by atoms with Gasteiger partial charge in [0, 0.05) is 36.8 Å². The van der Waals surface area contributed by atoms with Crippen LogP contribution in [0.25, 0.3) is 5.69 Å². The number of methoxy groups -OCH3 is 1. The molecule has 7 nitrogen and oxygen atoms in total. The Kier molecular flexibility index (Phi) is 7.96. The van der Waals surface area contributed by atoms with Crippen LogP contribution in [0.5, 0.6) is 0 Å². The third-order valence-corrected chi connectivity index (χ3v) is 5.25. The predicted octanol–water partition coefficient (Wildman–Crippen LogP) is 2.66. The van der Waals surface area contributed by atoms with Gasteiger partial charge < -0.3 is 15.0 Å². The molecule has 1 N–H and O–H groups in total. The number of esters is 1. The van der Waals surface area contributed by atoms with E-state index in [2.05, 4.69) is 29.2 Å². The molecule has 0 saturated carbocycles. The van der Waals surface area contributed by atoms with Gasteiger partial charge in [-0.05, 0) is 71.0 Å². The summed E-state index contributed by atoms with van der Waals surface area (Å²) >= 11 is 0. The molecule has 0 aliphatic carbocycles. The standard InChI is InChI=1S/C22H32N4O3/c1-15(2)25(5)14-13-23-22(28)18-7-9-19(10-8-18)26-17(4)20(16(3)24-26)11-12-21(27)29-6/h7-10,15H,11-14H2,1-6H3,(H,23,28). The lowest BCUT2D eigenvalue weighted by Gasteiger charge is -2.20. The Hall–Kier alpha value is -2.67. The summed E-state index contributed by atoms with van der Waals surface area (Å²) in [5.74, 6) is -0.313. The molecule has 1 aromatic heterocycles. The predicted molar refractivity (Wildman–Crippen MR) is 113 cm³/mol. The molecule has 0 atom stereocenters. The van der Waals surface area contributed by atoms with Crippen molar-refractivity contribution in [1.29, 1.82) is 0 Å². The summed E-state index contributed by atoms with van der Waals surface area (Å²) < 4.78 is 6.57. The van der Waals surface area contributed by atoms with Gasteiger partial charge in [-0.2, -0.15) is 5.10 Å². The highest BCUT2D eigenvalue weighted by atomic mass is 16.5. The van der Waals surface area contributed by atoms with Gasteiger partial charge in [-0.15, -0.1) is 0 Å².